The fourth-order valence-electron chi connectivity index (χ4n) is 3.01. The molecule has 6 heteroatoms. The van der Waals surface area contributed by atoms with Crippen LogP contribution in [0.4, 0.5) is 13.2 Å². The maximum atomic E-state index is 13.7. The van der Waals surface area contributed by atoms with Gasteiger partial charge in [0.2, 0.25) is 0 Å². The highest BCUT2D eigenvalue weighted by molar-refractivity contribution is 5.86. The molecule has 2 aromatic rings. The van der Waals surface area contributed by atoms with Gasteiger partial charge in [0, 0.05) is 26.2 Å². The van der Waals surface area contributed by atoms with Gasteiger partial charge in [-0.2, -0.15) is 13.2 Å². The highest BCUT2D eigenvalue weighted by atomic mass is 35.5. The van der Waals surface area contributed by atoms with Gasteiger partial charge in [-0.05, 0) is 16.3 Å². The Balaban J connectivity index is 0.00000176. The van der Waals surface area contributed by atoms with Gasteiger partial charge in [0.25, 0.3) is 0 Å². The van der Waals surface area contributed by atoms with Crippen molar-refractivity contribution in [2.75, 3.05) is 26.2 Å². The summed E-state index contributed by atoms with van der Waals surface area (Å²) >= 11 is 0. The average Bonchev–Trinajstić information content (AvgIpc) is 2.47. The molecule has 0 aromatic heterocycles. The summed E-state index contributed by atoms with van der Waals surface area (Å²) in [5, 5.41) is 4.63. The molecule has 1 atom stereocenters. The van der Waals surface area contributed by atoms with Gasteiger partial charge in [-0.1, -0.05) is 42.5 Å². The van der Waals surface area contributed by atoms with Crippen molar-refractivity contribution in [1.29, 1.82) is 0 Å². The first-order chi connectivity index (χ1) is 10.1. The molecule has 1 N–H and O–H groups in total. The lowest BCUT2D eigenvalue weighted by Gasteiger charge is -2.36. The molecule has 1 fully saturated rings. The Morgan fingerprint density at radius 2 is 1.59 bits per heavy atom. The molecule has 0 unspecified atom stereocenters. The van der Waals surface area contributed by atoms with Crippen LogP contribution in [0.5, 0.6) is 0 Å². The maximum Gasteiger partial charge on any atom is 0.408 e. The molecule has 0 bridgehead atoms. The Bertz CT molecular complexity index is 619. The Kier molecular flexibility index (Phi) is 5.32. The fourth-order valence-corrected chi connectivity index (χ4v) is 3.01. The second kappa shape index (κ2) is 6.86. The molecule has 0 aliphatic carbocycles. The Labute approximate surface area is 133 Å². The SMILES string of the molecule is Cl.FC(F)(F)[C@@H](c1cccc2ccccc12)N1CCNCC1. The van der Waals surface area contributed by atoms with Gasteiger partial charge in [-0.3, -0.25) is 4.90 Å². The van der Waals surface area contributed by atoms with Gasteiger partial charge in [-0.25, -0.2) is 0 Å². The van der Waals surface area contributed by atoms with Crippen LogP contribution in [-0.4, -0.2) is 37.3 Å². The topological polar surface area (TPSA) is 15.3 Å². The van der Waals surface area contributed by atoms with Crippen molar-refractivity contribution >= 4 is 23.2 Å². The van der Waals surface area contributed by atoms with Crippen molar-refractivity contribution in [3.05, 3.63) is 48.0 Å². The molecule has 2 aromatic carbocycles. The maximum absolute atomic E-state index is 13.7. The number of fused-ring (bicyclic) bond motifs is 1. The van der Waals surface area contributed by atoms with E-state index in [0.717, 1.165) is 5.39 Å². The molecule has 0 spiro atoms. The first-order valence-corrected chi connectivity index (χ1v) is 7.06. The van der Waals surface area contributed by atoms with Gasteiger partial charge in [-0.15, -0.1) is 12.4 Å². The molecule has 1 saturated heterocycles. The predicted octanol–water partition coefficient (Wildman–Crippen LogP) is 3.77. The Morgan fingerprint density at radius 1 is 0.955 bits per heavy atom. The first-order valence-electron chi connectivity index (χ1n) is 7.06. The van der Waals surface area contributed by atoms with E-state index in [1.165, 1.54) is 4.90 Å². The van der Waals surface area contributed by atoms with E-state index < -0.39 is 12.2 Å². The Hall–Kier alpha value is -1.30. The molecule has 22 heavy (non-hydrogen) atoms. The van der Waals surface area contributed by atoms with Gasteiger partial charge >= 0.3 is 6.18 Å². The van der Waals surface area contributed by atoms with Crippen LogP contribution in [0, 0.1) is 0 Å². The Morgan fingerprint density at radius 3 is 2.27 bits per heavy atom. The highest BCUT2D eigenvalue weighted by Gasteiger charge is 2.45. The third kappa shape index (κ3) is 3.37. The van der Waals surface area contributed by atoms with Crippen LogP contribution in [-0.2, 0) is 0 Å². The molecule has 1 aliphatic heterocycles. The number of nitrogens with one attached hydrogen (secondary N) is 1. The van der Waals surface area contributed by atoms with E-state index in [1.807, 2.05) is 18.2 Å². The molecule has 0 amide bonds. The number of rotatable bonds is 2. The summed E-state index contributed by atoms with van der Waals surface area (Å²) in [4.78, 5) is 1.53. The average molecular weight is 331 g/mol. The van der Waals surface area contributed by atoms with Gasteiger partial charge < -0.3 is 5.32 Å². The third-order valence-corrected chi connectivity index (χ3v) is 3.94. The van der Waals surface area contributed by atoms with Crippen LogP contribution in [0.2, 0.25) is 0 Å². The molecular weight excluding hydrogens is 313 g/mol. The molecule has 2 nitrogen and oxygen atoms in total. The standard InChI is InChI=1S/C16H17F3N2.ClH/c17-16(18,19)15(21-10-8-20-9-11-21)14-7-3-5-12-4-1-2-6-13(12)14;/h1-7,15,20H,8-11H2;1H/t15-;/m1./s1. The zero-order valence-corrected chi connectivity index (χ0v) is 12.8. The third-order valence-electron chi connectivity index (χ3n) is 3.94. The van der Waals surface area contributed by atoms with E-state index in [1.54, 1.807) is 24.3 Å². The minimum Gasteiger partial charge on any atom is -0.314 e. The van der Waals surface area contributed by atoms with Crippen molar-refractivity contribution < 1.29 is 13.2 Å². The molecule has 0 radical (unpaired) electrons. The van der Waals surface area contributed by atoms with E-state index in [-0.39, 0.29) is 12.4 Å². The monoisotopic (exact) mass is 330 g/mol. The van der Waals surface area contributed by atoms with Gasteiger partial charge in [0.1, 0.15) is 6.04 Å². The number of hydrogen-bond donors (Lipinski definition) is 1. The van der Waals surface area contributed by atoms with Crippen LogP contribution in [0.15, 0.2) is 42.5 Å². The second-order valence-corrected chi connectivity index (χ2v) is 5.30. The minimum atomic E-state index is -4.28. The van der Waals surface area contributed by atoms with Gasteiger partial charge in [0.05, 0.1) is 0 Å². The summed E-state index contributed by atoms with van der Waals surface area (Å²) in [6.07, 6.45) is -4.28. The zero-order chi connectivity index (χ0) is 14.9. The highest BCUT2D eigenvalue weighted by Crippen LogP contribution is 2.40. The minimum absolute atomic E-state index is 0. The van der Waals surface area contributed by atoms with Crippen molar-refractivity contribution in [3.8, 4) is 0 Å². The lowest BCUT2D eigenvalue weighted by Crippen LogP contribution is -2.49. The van der Waals surface area contributed by atoms with Crippen LogP contribution in [0.3, 0.4) is 0 Å². The summed E-state index contributed by atoms with van der Waals surface area (Å²) in [6, 6.07) is 10.9. The van der Waals surface area contributed by atoms with Gasteiger partial charge in [0.15, 0.2) is 0 Å². The van der Waals surface area contributed by atoms with E-state index in [2.05, 4.69) is 5.32 Å². The van der Waals surface area contributed by atoms with Crippen molar-refractivity contribution in [1.82, 2.24) is 10.2 Å². The fraction of sp³-hybridized carbons (Fsp3) is 0.375. The van der Waals surface area contributed by atoms with Crippen LogP contribution in [0.1, 0.15) is 11.6 Å². The summed E-state index contributed by atoms with van der Waals surface area (Å²) in [7, 11) is 0. The molecule has 1 heterocycles. The lowest BCUT2D eigenvalue weighted by atomic mass is 9.97. The van der Waals surface area contributed by atoms with Crippen molar-refractivity contribution in [3.63, 3.8) is 0 Å². The lowest BCUT2D eigenvalue weighted by molar-refractivity contribution is -0.187. The van der Waals surface area contributed by atoms with Crippen molar-refractivity contribution in [2.45, 2.75) is 12.2 Å². The first kappa shape index (κ1) is 17.1. The van der Waals surface area contributed by atoms with E-state index in [4.69, 9.17) is 0 Å². The van der Waals surface area contributed by atoms with E-state index in [0.29, 0.717) is 37.1 Å². The summed E-state index contributed by atoms with van der Waals surface area (Å²) in [6.45, 7) is 2.01. The van der Waals surface area contributed by atoms with Crippen molar-refractivity contribution in [2.24, 2.45) is 0 Å². The van der Waals surface area contributed by atoms with E-state index in [9.17, 15) is 13.2 Å². The molecule has 3 rings (SSSR count). The summed E-state index contributed by atoms with van der Waals surface area (Å²) < 4.78 is 41.0. The number of hydrogen-bond acceptors (Lipinski definition) is 2. The zero-order valence-electron chi connectivity index (χ0n) is 11.9. The predicted molar refractivity (Wildman–Crippen MR) is 84.4 cm³/mol. The molecule has 1 aliphatic rings. The second-order valence-electron chi connectivity index (χ2n) is 5.30. The number of halogens is 4. The number of piperazine rings is 1. The van der Waals surface area contributed by atoms with E-state index >= 15 is 0 Å². The van der Waals surface area contributed by atoms with Crippen LogP contribution < -0.4 is 5.32 Å². The smallest absolute Gasteiger partial charge is 0.314 e. The number of alkyl halides is 3. The van der Waals surface area contributed by atoms with Crippen LogP contribution >= 0.6 is 12.4 Å². The summed E-state index contributed by atoms with van der Waals surface area (Å²) in [5.74, 6) is 0. The quantitative estimate of drug-likeness (QED) is 0.901. The molecule has 120 valence electrons. The normalized spacial score (nSPS) is 18.0. The van der Waals surface area contributed by atoms with Crippen LogP contribution in [0.25, 0.3) is 10.8 Å². The number of nitrogens with zero attached hydrogens (tertiary/aromatic N) is 1. The largest absolute Gasteiger partial charge is 0.408 e. The molecule has 0 saturated carbocycles. The summed E-state index contributed by atoms with van der Waals surface area (Å²) in [5.41, 5.74) is 0.350. The molecular formula is C16H18ClF3N2. The number of benzene rings is 2.